The summed E-state index contributed by atoms with van der Waals surface area (Å²) < 4.78 is 6.94. The van der Waals surface area contributed by atoms with E-state index in [0.717, 1.165) is 31.4 Å². The molecule has 0 atom stereocenters. The molecule has 0 spiro atoms. The summed E-state index contributed by atoms with van der Waals surface area (Å²) in [6.07, 6.45) is 3.56. The fourth-order valence-electron chi connectivity index (χ4n) is 3.42. The Labute approximate surface area is 167 Å². The van der Waals surface area contributed by atoms with Crippen molar-refractivity contribution in [2.45, 2.75) is 18.9 Å². The van der Waals surface area contributed by atoms with Crippen molar-refractivity contribution in [2.24, 2.45) is 0 Å². The zero-order valence-electron chi connectivity index (χ0n) is 15.9. The fourth-order valence-corrected chi connectivity index (χ4v) is 3.66. The summed E-state index contributed by atoms with van der Waals surface area (Å²) in [5.41, 5.74) is 1.58. The molecule has 1 aliphatic heterocycles. The maximum atomic E-state index is 13.2. The molecular formula is C20H22ClN5O2. The van der Waals surface area contributed by atoms with Gasteiger partial charge in [0.2, 0.25) is 5.95 Å². The number of hydrogen-bond acceptors (Lipinski definition) is 6. The summed E-state index contributed by atoms with van der Waals surface area (Å²) in [5.74, 6) is 0.514. The summed E-state index contributed by atoms with van der Waals surface area (Å²) >= 11 is 6.33. The number of pyridine rings is 1. The standard InChI is InChI=1S/C20H22ClN5O2/c1-25(2)26-18-13(11-16(19(26)27)15-5-3-4-6-17(15)21)12-22-20(24-18)23-14-7-9-28-10-8-14/h3-6,11-12,14H,7-10H2,1-2H3,(H,22,23,24). The summed E-state index contributed by atoms with van der Waals surface area (Å²) in [4.78, 5) is 22.3. The van der Waals surface area contributed by atoms with E-state index in [9.17, 15) is 4.79 Å². The van der Waals surface area contributed by atoms with Crippen LogP contribution in [0.25, 0.3) is 22.2 Å². The predicted octanol–water partition coefficient (Wildman–Crippen LogP) is 2.90. The van der Waals surface area contributed by atoms with Crippen molar-refractivity contribution in [1.82, 2.24) is 14.6 Å². The summed E-state index contributed by atoms with van der Waals surface area (Å²) in [5, 5.41) is 6.37. The summed E-state index contributed by atoms with van der Waals surface area (Å²) in [6.45, 7) is 1.46. The lowest BCUT2D eigenvalue weighted by Crippen LogP contribution is -2.37. The molecule has 4 rings (SSSR count). The molecule has 3 heterocycles. The molecule has 1 aromatic carbocycles. The fraction of sp³-hybridized carbons (Fsp3) is 0.350. The second-order valence-corrected chi connectivity index (χ2v) is 7.41. The second-order valence-electron chi connectivity index (χ2n) is 7.01. The van der Waals surface area contributed by atoms with Crippen LogP contribution in [-0.4, -0.2) is 48.0 Å². The highest BCUT2D eigenvalue weighted by Gasteiger charge is 2.18. The third-order valence-electron chi connectivity index (χ3n) is 4.84. The zero-order chi connectivity index (χ0) is 19.7. The number of ether oxygens (including phenoxy) is 1. The smallest absolute Gasteiger partial charge is 0.278 e. The Morgan fingerprint density at radius 1 is 1.21 bits per heavy atom. The van der Waals surface area contributed by atoms with Crippen LogP contribution in [0, 0.1) is 0 Å². The Hall–Kier alpha value is -2.64. The Kier molecular flexibility index (Phi) is 5.19. The van der Waals surface area contributed by atoms with Crippen molar-refractivity contribution in [3.05, 3.63) is 51.9 Å². The van der Waals surface area contributed by atoms with Gasteiger partial charge in [-0.1, -0.05) is 29.8 Å². The van der Waals surface area contributed by atoms with Crippen LogP contribution in [0.1, 0.15) is 12.8 Å². The normalized spacial score (nSPS) is 15.0. The van der Waals surface area contributed by atoms with Gasteiger partial charge in [0.05, 0.1) is 5.56 Å². The molecule has 7 nitrogen and oxygen atoms in total. The van der Waals surface area contributed by atoms with E-state index in [2.05, 4.69) is 15.3 Å². The Morgan fingerprint density at radius 2 is 1.96 bits per heavy atom. The number of benzene rings is 1. The van der Waals surface area contributed by atoms with Crippen molar-refractivity contribution >= 4 is 28.6 Å². The lowest BCUT2D eigenvalue weighted by Gasteiger charge is -2.24. The first-order valence-electron chi connectivity index (χ1n) is 9.24. The van der Waals surface area contributed by atoms with Gasteiger partial charge in [-0.15, -0.1) is 0 Å². The van der Waals surface area contributed by atoms with E-state index in [4.69, 9.17) is 16.3 Å². The van der Waals surface area contributed by atoms with Crippen LogP contribution < -0.4 is 15.9 Å². The lowest BCUT2D eigenvalue weighted by atomic mass is 10.1. The Bertz CT molecular complexity index is 1060. The molecule has 0 unspecified atom stereocenters. The van der Waals surface area contributed by atoms with Crippen LogP contribution in [0.4, 0.5) is 5.95 Å². The van der Waals surface area contributed by atoms with E-state index < -0.39 is 0 Å². The topological polar surface area (TPSA) is 72.3 Å². The molecule has 1 saturated heterocycles. The maximum Gasteiger partial charge on any atom is 0.278 e. The molecule has 1 fully saturated rings. The molecule has 0 saturated carbocycles. The van der Waals surface area contributed by atoms with E-state index in [-0.39, 0.29) is 11.6 Å². The molecule has 1 N–H and O–H groups in total. The SMILES string of the molecule is CN(C)n1c(=O)c(-c2ccccc2Cl)cc2cnc(NC3CCOCC3)nc21. The van der Waals surface area contributed by atoms with Gasteiger partial charge in [-0.05, 0) is 25.0 Å². The van der Waals surface area contributed by atoms with Crippen LogP contribution in [0.2, 0.25) is 5.02 Å². The van der Waals surface area contributed by atoms with Crippen molar-refractivity contribution in [2.75, 3.05) is 37.6 Å². The van der Waals surface area contributed by atoms with E-state index in [1.54, 1.807) is 28.0 Å². The minimum absolute atomic E-state index is 0.179. The van der Waals surface area contributed by atoms with E-state index in [1.807, 2.05) is 32.3 Å². The largest absolute Gasteiger partial charge is 0.381 e. The van der Waals surface area contributed by atoms with Crippen LogP contribution in [-0.2, 0) is 4.74 Å². The van der Waals surface area contributed by atoms with Gasteiger partial charge in [0.15, 0.2) is 5.65 Å². The minimum atomic E-state index is -0.179. The first-order chi connectivity index (χ1) is 13.5. The van der Waals surface area contributed by atoms with Crippen LogP contribution in [0.5, 0.6) is 0 Å². The maximum absolute atomic E-state index is 13.2. The number of aromatic nitrogens is 3. The first-order valence-corrected chi connectivity index (χ1v) is 9.62. The van der Waals surface area contributed by atoms with Crippen molar-refractivity contribution in [1.29, 1.82) is 0 Å². The molecule has 1 aliphatic rings. The van der Waals surface area contributed by atoms with Gasteiger partial charge in [-0.25, -0.2) is 9.66 Å². The first kappa shape index (κ1) is 18.7. The van der Waals surface area contributed by atoms with E-state index in [1.165, 1.54) is 0 Å². The molecule has 28 heavy (non-hydrogen) atoms. The van der Waals surface area contributed by atoms with Gasteiger partial charge < -0.3 is 15.1 Å². The molecule has 3 aromatic rings. The molecule has 0 bridgehead atoms. The van der Waals surface area contributed by atoms with Gasteiger partial charge in [0, 0.05) is 55.5 Å². The Morgan fingerprint density at radius 3 is 2.68 bits per heavy atom. The zero-order valence-corrected chi connectivity index (χ0v) is 16.6. The highest BCUT2D eigenvalue weighted by atomic mass is 35.5. The molecule has 8 heteroatoms. The van der Waals surface area contributed by atoms with Crippen LogP contribution in [0.3, 0.4) is 0 Å². The van der Waals surface area contributed by atoms with Crippen molar-refractivity contribution in [3.8, 4) is 11.1 Å². The molecule has 2 aromatic heterocycles. The minimum Gasteiger partial charge on any atom is -0.381 e. The number of nitrogens with one attached hydrogen (secondary N) is 1. The predicted molar refractivity (Wildman–Crippen MR) is 112 cm³/mol. The van der Waals surface area contributed by atoms with Gasteiger partial charge in [0.1, 0.15) is 0 Å². The van der Waals surface area contributed by atoms with Gasteiger partial charge >= 0.3 is 0 Å². The van der Waals surface area contributed by atoms with E-state index >= 15 is 0 Å². The average molecular weight is 400 g/mol. The average Bonchev–Trinajstić information content (AvgIpc) is 2.68. The molecule has 146 valence electrons. The monoisotopic (exact) mass is 399 g/mol. The van der Waals surface area contributed by atoms with Gasteiger partial charge in [-0.3, -0.25) is 4.79 Å². The molecule has 0 aliphatic carbocycles. The summed E-state index contributed by atoms with van der Waals surface area (Å²) in [6, 6.07) is 9.40. The number of halogens is 1. The molecular weight excluding hydrogens is 378 g/mol. The van der Waals surface area contributed by atoms with E-state index in [0.29, 0.717) is 27.7 Å². The van der Waals surface area contributed by atoms with Crippen LogP contribution >= 0.6 is 11.6 Å². The third-order valence-corrected chi connectivity index (χ3v) is 5.17. The highest BCUT2D eigenvalue weighted by molar-refractivity contribution is 6.33. The lowest BCUT2D eigenvalue weighted by molar-refractivity contribution is 0.0903. The second kappa shape index (κ2) is 7.77. The van der Waals surface area contributed by atoms with Crippen molar-refractivity contribution < 1.29 is 4.74 Å². The van der Waals surface area contributed by atoms with Gasteiger partial charge in [0.25, 0.3) is 5.56 Å². The highest BCUT2D eigenvalue weighted by Crippen LogP contribution is 2.27. The third kappa shape index (κ3) is 3.55. The number of anilines is 1. The number of hydrogen-bond donors (Lipinski definition) is 1. The van der Waals surface area contributed by atoms with Crippen molar-refractivity contribution in [3.63, 3.8) is 0 Å². The number of nitrogens with zero attached hydrogens (tertiary/aromatic N) is 4. The summed E-state index contributed by atoms with van der Waals surface area (Å²) in [7, 11) is 3.62. The molecule has 0 radical (unpaired) electrons. The number of rotatable bonds is 4. The van der Waals surface area contributed by atoms with Gasteiger partial charge in [-0.2, -0.15) is 4.98 Å². The Balaban J connectivity index is 1.83. The van der Waals surface area contributed by atoms with Crippen LogP contribution in [0.15, 0.2) is 41.3 Å². The number of fused-ring (bicyclic) bond motifs is 1. The molecule has 0 amide bonds. The quantitative estimate of drug-likeness (QED) is 0.727.